The Morgan fingerprint density at radius 2 is 1.81 bits per heavy atom. The largest absolute Gasteiger partial charge is 0.493 e. The smallest absolute Gasteiger partial charge is 0.416 e. The molecule has 3 rings (SSSR count). The molecule has 0 aromatic heterocycles. The summed E-state index contributed by atoms with van der Waals surface area (Å²) >= 11 is 0. The van der Waals surface area contributed by atoms with E-state index in [1.807, 2.05) is 18.2 Å². The number of halogens is 4. The van der Waals surface area contributed by atoms with E-state index in [1.165, 1.54) is 12.1 Å². The number of ether oxygens (including phenoxy) is 2. The van der Waals surface area contributed by atoms with E-state index in [0.29, 0.717) is 36.6 Å². The number of hydrogen-bond donors (Lipinski definition) is 2. The summed E-state index contributed by atoms with van der Waals surface area (Å²) < 4.78 is 49.5. The molecule has 31 heavy (non-hydrogen) atoms. The molecular weight excluding hydrogens is 522 g/mol. The van der Waals surface area contributed by atoms with Crippen molar-refractivity contribution in [1.29, 1.82) is 0 Å². The molecule has 0 radical (unpaired) electrons. The number of benzene rings is 2. The maximum atomic E-state index is 13.0. The van der Waals surface area contributed by atoms with Crippen molar-refractivity contribution >= 4 is 29.9 Å². The van der Waals surface area contributed by atoms with Gasteiger partial charge in [0.05, 0.1) is 26.3 Å². The Bertz CT molecular complexity index is 915. The SMILES string of the molecule is COc1ccc(CCNC(N)=NCC2(c3cccc(C(F)(F)F)c3)CC2)cc1OC.I. The van der Waals surface area contributed by atoms with Crippen LogP contribution in [-0.2, 0) is 18.0 Å². The Balaban J connectivity index is 0.00000341. The average Bonchev–Trinajstić information content (AvgIpc) is 3.53. The van der Waals surface area contributed by atoms with E-state index < -0.39 is 11.7 Å². The normalized spacial score (nSPS) is 15.1. The first kappa shape index (κ1) is 25.1. The van der Waals surface area contributed by atoms with Crippen LogP contribution in [0.2, 0.25) is 0 Å². The van der Waals surface area contributed by atoms with Crippen LogP contribution in [0.4, 0.5) is 13.2 Å². The quantitative estimate of drug-likeness (QED) is 0.289. The molecule has 0 bridgehead atoms. The Kier molecular flexibility index (Phi) is 8.44. The fourth-order valence-electron chi connectivity index (χ4n) is 3.38. The van der Waals surface area contributed by atoms with E-state index >= 15 is 0 Å². The highest BCUT2D eigenvalue weighted by molar-refractivity contribution is 14.0. The van der Waals surface area contributed by atoms with Crippen molar-refractivity contribution < 1.29 is 22.6 Å². The first-order valence-electron chi connectivity index (χ1n) is 9.70. The van der Waals surface area contributed by atoms with Crippen LogP contribution in [0.5, 0.6) is 11.5 Å². The summed E-state index contributed by atoms with van der Waals surface area (Å²) in [6, 6.07) is 11.2. The molecule has 1 saturated carbocycles. The highest BCUT2D eigenvalue weighted by Gasteiger charge is 2.45. The minimum atomic E-state index is -4.35. The second-order valence-corrected chi connectivity index (χ2v) is 7.43. The van der Waals surface area contributed by atoms with Crippen molar-refractivity contribution in [2.75, 3.05) is 27.3 Å². The van der Waals surface area contributed by atoms with Crippen LogP contribution < -0.4 is 20.5 Å². The number of nitrogens with one attached hydrogen (secondary N) is 1. The minimum absolute atomic E-state index is 0. The third kappa shape index (κ3) is 6.41. The number of methoxy groups -OCH3 is 2. The molecular formula is C22H27F3IN3O2. The van der Waals surface area contributed by atoms with Crippen LogP contribution >= 0.6 is 24.0 Å². The second kappa shape index (κ2) is 10.4. The fourth-order valence-corrected chi connectivity index (χ4v) is 3.38. The van der Waals surface area contributed by atoms with Gasteiger partial charge in [0, 0.05) is 12.0 Å². The Morgan fingerprint density at radius 1 is 1.10 bits per heavy atom. The van der Waals surface area contributed by atoms with Crippen molar-refractivity contribution in [2.45, 2.75) is 30.9 Å². The molecule has 5 nitrogen and oxygen atoms in total. The molecule has 0 saturated heterocycles. The first-order chi connectivity index (χ1) is 14.3. The standard InChI is InChI=1S/C22H26F3N3O2.HI/c1-29-18-7-6-15(12-19(18)30-2)8-11-27-20(26)28-14-21(9-10-21)16-4-3-5-17(13-16)22(23,24)25;/h3-7,12-13H,8-11,14H2,1-2H3,(H3,26,27,28);1H. The van der Waals surface area contributed by atoms with Crippen LogP contribution in [-0.4, -0.2) is 33.3 Å². The summed E-state index contributed by atoms with van der Waals surface area (Å²) in [5.74, 6) is 1.61. The van der Waals surface area contributed by atoms with Crippen LogP contribution in [0.25, 0.3) is 0 Å². The first-order valence-corrected chi connectivity index (χ1v) is 9.70. The zero-order valence-corrected chi connectivity index (χ0v) is 19.8. The van der Waals surface area contributed by atoms with Gasteiger partial charge < -0.3 is 20.5 Å². The minimum Gasteiger partial charge on any atom is -0.493 e. The number of nitrogens with two attached hydrogens (primary N) is 1. The molecule has 0 unspecified atom stereocenters. The van der Waals surface area contributed by atoms with E-state index in [-0.39, 0.29) is 35.4 Å². The Labute approximate surface area is 197 Å². The van der Waals surface area contributed by atoms with Gasteiger partial charge in [-0.25, -0.2) is 0 Å². The lowest BCUT2D eigenvalue weighted by Gasteiger charge is -2.16. The molecule has 0 atom stereocenters. The van der Waals surface area contributed by atoms with Gasteiger partial charge in [0.25, 0.3) is 0 Å². The summed E-state index contributed by atoms with van der Waals surface area (Å²) in [6.07, 6.45) is -2.04. The van der Waals surface area contributed by atoms with Crippen LogP contribution in [0, 0.1) is 0 Å². The van der Waals surface area contributed by atoms with Gasteiger partial charge in [0.2, 0.25) is 0 Å². The number of aliphatic imine (C=N–C) groups is 1. The summed E-state index contributed by atoms with van der Waals surface area (Å²) in [5.41, 5.74) is 6.70. The lowest BCUT2D eigenvalue weighted by atomic mass is 9.94. The highest BCUT2D eigenvalue weighted by Crippen LogP contribution is 2.49. The zero-order valence-electron chi connectivity index (χ0n) is 17.5. The van der Waals surface area contributed by atoms with E-state index in [4.69, 9.17) is 15.2 Å². The Morgan fingerprint density at radius 3 is 2.42 bits per heavy atom. The average molecular weight is 549 g/mol. The molecule has 1 fully saturated rings. The van der Waals surface area contributed by atoms with E-state index in [1.54, 1.807) is 20.3 Å². The highest BCUT2D eigenvalue weighted by atomic mass is 127. The summed E-state index contributed by atoms with van der Waals surface area (Å²) in [5, 5.41) is 3.06. The number of nitrogens with zero attached hydrogens (tertiary/aromatic N) is 1. The van der Waals surface area contributed by atoms with Gasteiger partial charge in [-0.3, -0.25) is 4.99 Å². The van der Waals surface area contributed by atoms with E-state index in [0.717, 1.165) is 24.5 Å². The molecule has 0 heterocycles. The number of guanidine groups is 1. The van der Waals surface area contributed by atoms with Crippen molar-refractivity contribution in [2.24, 2.45) is 10.7 Å². The summed E-state index contributed by atoms with van der Waals surface area (Å²) in [4.78, 5) is 4.38. The molecule has 2 aromatic carbocycles. The van der Waals surface area contributed by atoms with Gasteiger partial charge in [-0.15, -0.1) is 24.0 Å². The topological polar surface area (TPSA) is 68.9 Å². The predicted octanol–water partition coefficient (Wildman–Crippen LogP) is 4.52. The second-order valence-electron chi connectivity index (χ2n) is 7.43. The zero-order chi connectivity index (χ0) is 21.8. The van der Waals surface area contributed by atoms with Crippen molar-refractivity contribution in [3.05, 3.63) is 59.2 Å². The van der Waals surface area contributed by atoms with Gasteiger partial charge in [-0.1, -0.05) is 24.3 Å². The molecule has 0 aliphatic heterocycles. The number of alkyl halides is 3. The van der Waals surface area contributed by atoms with Crippen molar-refractivity contribution in [3.63, 3.8) is 0 Å². The lowest BCUT2D eigenvalue weighted by Crippen LogP contribution is -2.34. The van der Waals surface area contributed by atoms with Gasteiger partial charge >= 0.3 is 6.18 Å². The summed E-state index contributed by atoms with van der Waals surface area (Å²) in [6.45, 7) is 0.935. The molecule has 9 heteroatoms. The van der Waals surface area contributed by atoms with Crippen molar-refractivity contribution in [3.8, 4) is 11.5 Å². The van der Waals surface area contributed by atoms with Crippen LogP contribution in [0.1, 0.15) is 29.5 Å². The fraction of sp³-hybridized carbons (Fsp3) is 0.409. The van der Waals surface area contributed by atoms with E-state index in [2.05, 4.69) is 10.3 Å². The molecule has 2 aromatic rings. The van der Waals surface area contributed by atoms with Crippen molar-refractivity contribution in [1.82, 2.24) is 5.32 Å². The van der Waals surface area contributed by atoms with Crippen LogP contribution in [0.3, 0.4) is 0 Å². The Hall–Kier alpha value is -2.17. The van der Waals surface area contributed by atoms with Crippen LogP contribution in [0.15, 0.2) is 47.5 Å². The molecule has 0 amide bonds. The lowest BCUT2D eigenvalue weighted by molar-refractivity contribution is -0.137. The third-order valence-electron chi connectivity index (χ3n) is 5.38. The van der Waals surface area contributed by atoms with E-state index in [9.17, 15) is 13.2 Å². The third-order valence-corrected chi connectivity index (χ3v) is 5.38. The molecule has 3 N–H and O–H groups in total. The monoisotopic (exact) mass is 549 g/mol. The van der Waals surface area contributed by atoms with Gasteiger partial charge in [0.15, 0.2) is 17.5 Å². The molecule has 0 spiro atoms. The molecule has 1 aliphatic rings. The van der Waals surface area contributed by atoms with Gasteiger partial charge in [-0.05, 0) is 48.6 Å². The molecule has 1 aliphatic carbocycles. The maximum absolute atomic E-state index is 13.0. The predicted molar refractivity (Wildman–Crippen MR) is 126 cm³/mol. The molecule has 170 valence electrons. The summed E-state index contributed by atoms with van der Waals surface area (Å²) in [7, 11) is 3.17. The number of rotatable bonds is 8. The van der Waals surface area contributed by atoms with Gasteiger partial charge in [-0.2, -0.15) is 13.2 Å². The number of hydrogen-bond acceptors (Lipinski definition) is 3. The van der Waals surface area contributed by atoms with Gasteiger partial charge in [0.1, 0.15) is 0 Å². The maximum Gasteiger partial charge on any atom is 0.416 e.